The molecule has 2 aromatic carbocycles. The molecule has 0 saturated carbocycles. The standard InChI is InChI=1S/C14H11Cl2F3N2/c15-11-5-10(20)6-12(16)13(11)21-7-8-2-1-3-9(4-8)14(17,18)19/h1-6,21H,7,20H2. The van der Waals surface area contributed by atoms with Gasteiger partial charge in [-0.15, -0.1) is 0 Å². The van der Waals surface area contributed by atoms with Crippen molar-refractivity contribution in [3.8, 4) is 0 Å². The second-order valence-electron chi connectivity index (χ2n) is 4.41. The van der Waals surface area contributed by atoms with Gasteiger partial charge in [0.1, 0.15) is 0 Å². The molecule has 0 spiro atoms. The number of hydrogen-bond acceptors (Lipinski definition) is 2. The zero-order valence-electron chi connectivity index (χ0n) is 10.6. The summed E-state index contributed by atoms with van der Waals surface area (Å²) >= 11 is 12.0. The van der Waals surface area contributed by atoms with Gasteiger partial charge in [-0.05, 0) is 29.8 Å². The van der Waals surface area contributed by atoms with Crippen LogP contribution in [-0.4, -0.2) is 0 Å². The summed E-state index contributed by atoms with van der Waals surface area (Å²) in [5.41, 5.74) is 6.20. The highest BCUT2D eigenvalue weighted by atomic mass is 35.5. The second-order valence-corrected chi connectivity index (χ2v) is 5.23. The Morgan fingerprint density at radius 1 is 1.05 bits per heavy atom. The molecule has 0 radical (unpaired) electrons. The quantitative estimate of drug-likeness (QED) is 0.756. The van der Waals surface area contributed by atoms with Crippen molar-refractivity contribution in [2.45, 2.75) is 12.7 Å². The van der Waals surface area contributed by atoms with Crippen molar-refractivity contribution in [2.24, 2.45) is 0 Å². The number of nitrogens with one attached hydrogen (secondary N) is 1. The van der Waals surface area contributed by atoms with Crippen molar-refractivity contribution in [1.29, 1.82) is 0 Å². The Balaban J connectivity index is 2.18. The van der Waals surface area contributed by atoms with Crippen molar-refractivity contribution in [3.05, 3.63) is 57.6 Å². The summed E-state index contributed by atoms with van der Waals surface area (Å²) in [5.74, 6) is 0. The first-order chi connectivity index (χ1) is 9.77. The molecule has 21 heavy (non-hydrogen) atoms. The van der Waals surface area contributed by atoms with Crippen molar-refractivity contribution in [3.63, 3.8) is 0 Å². The van der Waals surface area contributed by atoms with Crippen molar-refractivity contribution < 1.29 is 13.2 Å². The number of hydrogen-bond donors (Lipinski definition) is 2. The van der Waals surface area contributed by atoms with E-state index in [1.54, 1.807) is 6.07 Å². The van der Waals surface area contributed by atoms with Crippen molar-refractivity contribution in [2.75, 3.05) is 11.1 Å². The fourth-order valence-electron chi connectivity index (χ4n) is 1.81. The van der Waals surface area contributed by atoms with E-state index in [-0.39, 0.29) is 6.54 Å². The second kappa shape index (κ2) is 6.03. The van der Waals surface area contributed by atoms with Crippen LogP contribution >= 0.6 is 23.2 Å². The van der Waals surface area contributed by atoms with Crippen LogP contribution in [0.5, 0.6) is 0 Å². The molecule has 0 atom stereocenters. The lowest BCUT2D eigenvalue weighted by molar-refractivity contribution is -0.137. The van der Waals surface area contributed by atoms with Crippen LogP contribution in [-0.2, 0) is 12.7 Å². The van der Waals surface area contributed by atoms with Gasteiger partial charge in [-0.2, -0.15) is 13.2 Å². The third-order valence-electron chi connectivity index (χ3n) is 2.79. The predicted octanol–water partition coefficient (Wildman–Crippen LogP) is 5.21. The van der Waals surface area contributed by atoms with Gasteiger partial charge in [0, 0.05) is 12.2 Å². The number of alkyl halides is 3. The minimum Gasteiger partial charge on any atom is -0.399 e. The van der Waals surface area contributed by atoms with Gasteiger partial charge < -0.3 is 11.1 Å². The Morgan fingerprint density at radius 3 is 2.24 bits per heavy atom. The average molecular weight is 335 g/mol. The number of halogens is 5. The number of anilines is 2. The number of rotatable bonds is 3. The molecular formula is C14H11Cl2F3N2. The minimum absolute atomic E-state index is 0.160. The van der Waals surface area contributed by atoms with E-state index in [1.807, 2.05) is 0 Å². The summed E-state index contributed by atoms with van der Waals surface area (Å²) in [6.07, 6.45) is -4.37. The summed E-state index contributed by atoms with van der Waals surface area (Å²) in [7, 11) is 0. The first-order valence-electron chi connectivity index (χ1n) is 5.92. The fourth-order valence-corrected chi connectivity index (χ4v) is 2.45. The highest BCUT2D eigenvalue weighted by Gasteiger charge is 2.30. The third-order valence-corrected chi connectivity index (χ3v) is 3.38. The molecule has 0 amide bonds. The van der Waals surface area contributed by atoms with Crippen LogP contribution in [0.1, 0.15) is 11.1 Å². The Bertz CT molecular complexity index is 634. The molecule has 0 fully saturated rings. The Labute approximate surface area is 129 Å². The molecule has 0 aliphatic heterocycles. The zero-order chi connectivity index (χ0) is 15.6. The van der Waals surface area contributed by atoms with Gasteiger partial charge in [0.05, 0.1) is 21.3 Å². The van der Waals surface area contributed by atoms with Crippen LogP contribution in [0.2, 0.25) is 10.0 Å². The lowest BCUT2D eigenvalue weighted by Crippen LogP contribution is -2.07. The first-order valence-corrected chi connectivity index (χ1v) is 6.67. The van der Waals surface area contributed by atoms with E-state index in [1.165, 1.54) is 18.2 Å². The monoisotopic (exact) mass is 334 g/mol. The molecular weight excluding hydrogens is 324 g/mol. The molecule has 112 valence electrons. The van der Waals surface area contributed by atoms with Gasteiger partial charge in [0.25, 0.3) is 0 Å². The maximum Gasteiger partial charge on any atom is 0.416 e. The van der Waals surface area contributed by atoms with E-state index in [0.29, 0.717) is 27.0 Å². The van der Waals surface area contributed by atoms with Crippen LogP contribution in [0, 0.1) is 0 Å². The fraction of sp³-hybridized carbons (Fsp3) is 0.143. The highest BCUT2D eigenvalue weighted by Crippen LogP contribution is 2.34. The van der Waals surface area contributed by atoms with Crippen LogP contribution in [0.25, 0.3) is 0 Å². The molecule has 0 aromatic heterocycles. The smallest absolute Gasteiger partial charge is 0.399 e. The SMILES string of the molecule is Nc1cc(Cl)c(NCc2cccc(C(F)(F)F)c2)c(Cl)c1. The molecule has 0 heterocycles. The largest absolute Gasteiger partial charge is 0.416 e. The lowest BCUT2D eigenvalue weighted by Gasteiger charge is -2.13. The number of nitrogen functional groups attached to an aromatic ring is 1. The Morgan fingerprint density at radius 2 is 1.67 bits per heavy atom. The molecule has 2 rings (SSSR count). The molecule has 2 nitrogen and oxygen atoms in total. The van der Waals surface area contributed by atoms with Gasteiger partial charge in [-0.3, -0.25) is 0 Å². The predicted molar refractivity (Wildman–Crippen MR) is 79.6 cm³/mol. The molecule has 7 heteroatoms. The maximum absolute atomic E-state index is 12.6. The van der Waals surface area contributed by atoms with Crippen LogP contribution in [0.15, 0.2) is 36.4 Å². The van der Waals surface area contributed by atoms with Gasteiger partial charge in [0.15, 0.2) is 0 Å². The van der Waals surface area contributed by atoms with E-state index < -0.39 is 11.7 Å². The average Bonchev–Trinajstić information content (AvgIpc) is 2.36. The molecule has 0 bridgehead atoms. The molecule has 0 saturated heterocycles. The molecule has 0 unspecified atom stereocenters. The van der Waals surface area contributed by atoms with Gasteiger partial charge >= 0.3 is 6.18 Å². The lowest BCUT2D eigenvalue weighted by atomic mass is 10.1. The number of nitrogens with two attached hydrogens (primary N) is 1. The Hall–Kier alpha value is -1.59. The maximum atomic E-state index is 12.6. The van der Waals surface area contributed by atoms with E-state index in [2.05, 4.69) is 5.32 Å². The van der Waals surface area contributed by atoms with E-state index in [4.69, 9.17) is 28.9 Å². The topological polar surface area (TPSA) is 38.0 Å². The first kappa shape index (κ1) is 15.8. The van der Waals surface area contributed by atoms with Crippen LogP contribution < -0.4 is 11.1 Å². The molecule has 3 N–H and O–H groups in total. The molecule has 0 aliphatic rings. The van der Waals surface area contributed by atoms with Crippen LogP contribution in [0.4, 0.5) is 24.5 Å². The van der Waals surface area contributed by atoms with Gasteiger partial charge in [-0.25, -0.2) is 0 Å². The van der Waals surface area contributed by atoms with E-state index >= 15 is 0 Å². The minimum atomic E-state index is -4.37. The summed E-state index contributed by atoms with van der Waals surface area (Å²) in [6.45, 7) is 0.160. The van der Waals surface area contributed by atoms with E-state index in [0.717, 1.165) is 12.1 Å². The normalized spacial score (nSPS) is 11.5. The molecule has 0 aliphatic carbocycles. The summed E-state index contributed by atoms with van der Waals surface area (Å²) in [5, 5.41) is 3.54. The molecule has 2 aromatic rings. The zero-order valence-corrected chi connectivity index (χ0v) is 12.2. The van der Waals surface area contributed by atoms with Gasteiger partial charge in [-0.1, -0.05) is 35.3 Å². The van der Waals surface area contributed by atoms with Crippen molar-refractivity contribution in [1.82, 2.24) is 0 Å². The summed E-state index contributed by atoms with van der Waals surface area (Å²) < 4.78 is 37.9. The highest BCUT2D eigenvalue weighted by molar-refractivity contribution is 6.39. The van der Waals surface area contributed by atoms with E-state index in [9.17, 15) is 13.2 Å². The van der Waals surface area contributed by atoms with Crippen molar-refractivity contribution >= 4 is 34.6 Å². The Kier molecular flexibility index (Phi) is 4.54. The van der Waals surface area contributed by atoms with Gasteiger partial charge in [0.2, 0.25) is 0 Å². The summed E-state index contributed by atoms with van der Waals surface area (Å²) in [6, 6.07) is 8.07. The number of benzene rings is 2. The third kappa shape index (κ3) is 3.95. The van der Waals surface area contributed by atoms with Crippen LogP contribution in [0.3, 0.4) is 0 Å². The summed E-state index contributed by atoms with van der Waals surface area (Å²) in [4.78, 5) is 0.